The van der Waals surface area contributed by atoms with Gasteiger partial charge in [-0.3, -0.25) is 4.79 Å². The van der Waals surface area contributed by atoms with Crippen LogP contribution in [0.2, 0.25) is 0 Å². The molecule has 0 aromatic heterocycles. The molecule has 1 amide bonds. The van der Waals surface area contributed by atoms with Crippen molar-refractivity contribution in [2.24, 2.45) is 0 Å². The van der Waals surface area contributed by atoms with Gasteiger partial charge in [0, 0.05) is 31.4 Å². The van der Waals surface area contributed by atoms with Gasteiger partial charge in [-0.2, -0.15) is 11.8 Å². The van der Waals surface area contributed by atoms with E-state index in [0.29, 0.717) is 17.7 Å². The van der Waals surface area contributed by atoms with Gasteiger partial charge in [-0.25, -0.2) is 0 Å². The van der Waals surface area contributed by atoms with E-state index in [1.54, 1.807) is 11.8 Å². The third kappa shape index (κ3) is 6.15. The monoisotopic (exact) mass is 287 g/mol. The molecule has 112 valence electrons. The van der Waals surface area contributed by atoms with Crippen molar-refractivity contribution in [1.82, 2.24) is 15.1 Å². The van der Waals surface area contributed by atoms with Gasteiger partial charge in [-0.05, 0) is 33.0 Å². The fourth-order valence-electron chi connectivity index (χ4n) is 2.42. The number of rotatable bonds is 8. The van der Waals surface area contributed by atoms with Crippen LogP contribution >= 0.6 is 11.8 Å². The summed E-state index contributed by atoms with van der Waals surface area (Å²) in [5, 5.41) is 3.28. The summed E-state index contributed by atoms with van der Waals surface area (Å²) < 4.78 is 0. The molecule has 0 bridgehead atoms. The van der Waals surface area contributed by atoms with E-state index in [1.807, 2.05) is 11.9 Å². The molecular weight excluding hydrogens is 258 g/mol. The quantitative estimate of drug-likeness (QED) is 0.682. The summed E-state index contributed by atoms with van der Waals surface area (Å²) in [6.07, 6.45) is 2.32. The largest absolute Gasteiger partial charge is 0.340 e. The van der Waals surface area contributed by atoms with Crippen LogP contribution in [0.1, 0.15) is 26.7 Å². The van der Waals surface area contributed by atoms with Crippen molar-refractivity contribution in [3.63, 3.8) is 0 Å². The van der Waals surface area contributed by atoms with Crippen LogP contribution in [-0.2, 0) is 4.79 Å². The number of hydrogen-bond acceptors (Lipinski definition) is 4. The zero-order chi connectivity index (χ0) is 14.1. The van der Waals surface area contributed by atoms with Gasteiger partial charge in [-0.15, -0.1) is 0 Å². The second kappa shape index (κ2) is 9.61. The first-order chi connectivity index (χ1) is 9.21. The van der Waals surface area contributed by atoms with Gasteiger partial charge in [-0.1, -0.05) is 13.8 Å². The maximum atomic E-state index is 12.1. The van der Waals surface area contributed by atoms with Crippen LogP contribution in [0, 0.1) is 0 Å². The number of amides is 1. The highest BCUT2D eigenvalue weighted by Gasteiger charge is 2.22. The van der Waals surface area contributed by atoms with E-state index in [9.17, 15) is 4.79 Å². The third-order valence-corrected chi connectivity index (χ3v) is 4.78. The minimum Gasteiger partial charge on any atom is -0.340 e. The van der Waals surface area contributed by atoms with E-state index < -0.39 is 0 Å². The molecule has 1 rings (SSSR count). The number of carbonyl (C=O) groups excluding carboxylic acids is 1. The maximum absolute atomic E-state index is 12.1. The highest BCUT2D eigenvalue weighted by Crippen LogP contribution is 2.12. The van der Waals surface area contributed by atoms with Crippen LogP contribution < -0.4 is 5.32 Å². The summed E-state index contributed by atoms with van der Waals surface area (Å²) in [4.78, 5) is 16.5. The highest BCUT2D eigenvalue weighted by molar-refractivity contribution is 7.99. The fourth-order valence-corrected chi connectivity index (χ4v) is 3.31. The lowest BCUT2D eigenvalue weighted by atomic mass is 10.1. The third-order valence-electron chi connectivity index (χ3n) is 3.85. The SMILES string of the molecule is CCN(CC)CCSCC(=O)N1CCCC(NC)C1. The molecule has 0 aromatic rings. The van der Waals surface area contributed by atoms with Crippen molar-refractivity contribution in [2.75, 3.05) is 51.3 Å². The van der Waals surface area contributed by atoms with Gasteiger partial charge >= 0.3 is 0 Å². The average molecular weight is 287 g/mol. The molecule has 1 fully saturated rings. The van der Waals surface area contributed by atoms with E-state index >= 15 is 0 Å². The molecule has 1 atom stereocenters. The molecule has 0 spiro atoms. The lowest BCUT2D eigenvalue weighted by Gasteiger charge is -2.32. The zero-order valence-corrected chi connectivity index (χ0v) is 13.5. The van der Waals surface area contributed by atoms with Gasteiger partial charge in [0.1, 0.15) is 0 Å². The van der Waals surface area contributed by atoms with Crippen molar-refractivity contribution in [3.05, 3.63) is 0 Å². The van der Waals surface area contributed by atoms with Crippen molar-refractivity contribution in [3.8, 4) is 0 Å². The van der Waals surface area contributed by atoms with Crippen LogP contribution in [0.15, 0.2) is 0 Å². The van der Waals surface area contributed by atoms with E-state index in [1.165, 1.54) is 6.42 Å². The smallest absolute Gasteiger partial charge is 0.232 e. The Labute approximate surface area is 122 Å². The molecule has 1 saturated heterocycles. The second-order valence-electron chi connectivity index (χ2n) is 5.05. The number of likely N-dealkylation sites (N-methyl/N-ethyl adjacent to an activating group) is 1. The number of likely N-dealkylation sites (tertiary alicyclic amines) is 1. The topological polar surface area (TPSA) is 35.6 Å². The Morgan fingerprint density at radius 2 is 2.16 bits per heavy atom. The molecule has 1 aliphatic heterocycles. The Morgan fingerprint density at radius 3 is 2.79 bits per heavy atom. The molecule has 1 heterocycles. The first kappa shape index (κ1) is 16.8. The molecule has 4 nitrogen and oxygen atoms in total. The molecule has 0 aromatic carbocycles. The summed E-state index contributed by atoms with van der Waals surface area (Å²) in [6, 6.07) is 0.485. The molecule has 1 unspecified atom stereocenters. The molecule has 0 aliphatic carbocycles. The number of nitrogens with zero attached hydrogens (tertiary/aromatic N) is 2. The molecule has 1 aliphatic rings. The first-order valence-corrected chi connectivity index (χ1v) is 8.61. The van der Waals surface area contributed by atoms with Crippen molar-refractivity contribution in [1.29, 1.82) is 0 Å². The van der Waals surface area contributed by atoms with Crippen LogP contribution in [-0.4, -0.2) is 73.0 Å². The predicted molar refractivity (Wildman–Crippen MR) is 83.8 cm³/mol. The van der Waals surface area contributed by atoms with Crippen LogP contribution in [0.25, 0.3) is 0 Å². The average Bonchev–Trinajstić information content (AvgIpc) is 2.47. The van der Waals surface area contributed by atoms with E-state index in [4.69, 9.17) is 0 Å². The molecule has 5 heteroatoms. The van der Waals surface area contributed by atoms with Gasteiger partial charge in [0.25, 0.3) is 0 Å². The zero-order valence-electron chi connectivity index (χ0n) is 12.7. The number of carbonyl (C=O) groups is 1. The van der Waals surface area contributed by atoms with Gasteiger partial charge in [0.2, 0.25) is 5.91 Å². The first-order valence-electron chi connectivity index (χ1n) is 7.46. The Bertz CT molecular complexity index is 259. The van der Waals surface area contributed by atoms with Crippen molar-refractivity contribution >= 4 is 17.7 Å². The number of piperidine rings is 1. The molecule has 0 saturated carbocycles. The van der Waals surface area contributed by atoms with Gasteiger partial charge in [0.15, 0.2) is 0 Å². The Kier molecular flexibility index (Phi) is 8.50. The summed E-state index contributed by atoms with van der Waals surface area (Å²) in [5.74, 6) is 2.00. The number of thioether (sulfide) groups is 1. The molecular formula is C14H29N3OS. The van der Waals surface area contributed by atoms with Crippen molar-refractivity contribution in [2.45, 2.75) is 32.7 Å². The Hall–Kier alpha value is -0.260. The van der Waals surface area contributed by atoms with Gasteiger partial charge < -0.3 is 15.1 Å². The molecule has 19 heavy (non-hydrogen) atoms. The number of hydrogen-bond donors (Lipinski definition) is 1. The van der Waals surface area contributed by atoms with Crippen molar-refractivity contribution < 1.29 is 4.79 Å². The minimum atomic E-state index is 0.310. The Morgan fingerprint density at radius 1 is 1.42 bits per heavy atom. The molecule has 1 N–H and O–H groups in total. The summed E-state index contributed by atoms with van der Waals surface area (Å²) in [7, 11) is 1.98. The normalized spacial score (nSPS) is 20.0. The summed E-state index contributed by atoms with van der Waals surface area (Å²) in [5.41, 5.74) is 0. The van der Waals surface area contributed by atoms with Gasteiger partial charge in [0.05, 0.1) is 5.75 Å². The molecule has 0 radical (unpaired) electrons. The lowest BCUT2D eigenvalue weighted by Crippen LogP contribution is -2.47. The fraction of sp³-hybridized carbons (Fsp3) is 0.929. The van der Waals surface area contributed by atoms with Crippen LogP contribution in [0.4, 0.5) is 0 Å². The minimum absolute atomic E-state index is 0.310. The highest BCUT2D eigenvalue weighted by atomic mass is 32.2. The number of nitrogens with one attached hydrogen (secondary N) is 1. The standard InChI is InChI=1S/C14H29N3OS/c1-4-16(5-2)9-10-19-12-14(18)17-8-6-7-13(11-17)15-3/h13,15H,4-12H2,1-3H3. The van der Waals surface area contributed by atoms with E-state index in [2.05, 4.69) is 24.1 Å². The summed E-state index contributed by atoms with van der Waals surface area (Å²) >= 11 is 1.77. The summed E-state index contributed by atoms with van der Waals surface area (Å²) in [6.45, 7) is 9.47. The lowest BCUT2D eigenvalue weighted by molar-refractivity contribution is -0.129. The Balaban J connectivity index is 2.16. The second-order valence-corrected chi connectivity index (χ2v) is 6.15. The van der Waals surface area contributed by atoms with E-state index in [0.717, 1.165) is 44.9 Å². The predicted octanol–water partition coefficient (Wildman–Crippen LogP) is 1.27. The van der Waals surface area contributed by atoms with Crippen LogP contribution in [0.3, 0.4) is 0 Å². The maximum Gasteiger partial charge on any atom is 0.232 e. The van der Waals surface area contributed by atoms with E-state index in [-0.39, 0.29) is 0 Å². The van der Waals surface area contributed by atoms with Crippen LogP contribution in [0.5, 0.6) is 0 Å².